The van der Waals surface area contributed by atoms with Gasteiger partial charge in [0.05, 0.1) is 26.4 Å². The summed E-state index contributed by atoms with van der Waals surface area (Å²) in [5.41, 5.74) is 1.05. The normalized spacial score (nSPS) is 18.5. The summed E-state index contributed by atoms with van der Waals surface area (Å²) in [5, 5.41) is 8.98. The zero-order chi connectivity index (χ0) is 13.7. The van der Waals surface area contributed by atoms with E-state index in [-0.39, 0.29) is 11.7 Å². The Hall–Kier alpha value is -1.59. The maximum absolute atomic E-state index is 11.0. The minimum Gasteiger partial charge on any atom is -0.496 e. The summed E-state index contributed by atoms with van der Waals surface area (Å²) in [6.07, 6.45) is 2.33. The monoisotopic (exact) mass is 266 g/mol. The van der Waals surface area contributed by atoms with Crippen molar-refractivity contribution in [3.05, 3.63) is 29.3 Å². The summed E-state index contributed by atoms with van der Waals surface area (Å²) in [6.45, 7) is 1.81. The number of ether oxygens (including phenoxy) is 3. The molecule has 1 aromatic carbocycles. The van der Waals surface area contributed by atoms with Gasteiger partial charge in [-0.25, -0.2) is 4.79 Å². The molecule has 2 rings (SSSR count). The van der Waals surface area contributed by atoms with Crippen LogP contribution in [0.3, 0.4) is 0 Å². The number of hydrogen-bond donors (Lipinski definition) is 1. The lowest BCUT2D eigenvalue weighted by Gasteiger charge is -2.11. The number of benzene rings is 1. The number of carbonyl (C=O) groups is 1. The van der Waals surface area contributed by atoms with E-state index in [0.717, 1.165) is 25.0 Å². The number of carboxylic acids is 1. The van der Waals surface area contributed by atoms with Gasteiger partial charge in [0.15, 0.2) is 0 Å². The van der Waals surface area contributed by atoms with Crippen molar-refractivity contribution in [2.75, 3.05) is 20.3 Å². The highest BCUT2D eigenvalue weighted by Gasteiger charge is 2.16. The predicted molar refractivity (Wildman–Crippen MR) is 68.6 cm³/mol. The molecular weight excluding hydrogens is 248 g/mol. The van der Waals surface area contributed by atoms with Gasteiger partial charge >= 0.3 is 5.97 Å². The van der Waals surface area contributed by atoms with Crippen molar-refractivity contribution >= 4 is 5.97 Å². The van der Waals surface area contributed by atoms with Crippen LogP contribution in [0.25, 0.3) is 0 Å². The maximum Gasteiger partial charge on any atom is 0.339 e. The molecule has 104 valence electrons. The van der Waals surface area contributed by atoms with E-state index in [9.17, 15) is 4.79 Å². The minimum atomic E-state index is -0.997. The zero-order valence-corrected chi connectivity index (χ0v) is 10.9. The first-order valence-corrected chi connectivity index (χ1v) is 6.30. The van der Waals surface area contributed by atoms with Gasteiger partial charge < -0.3 is 19.3 Å². The van der Waals surface area contributed by atoms with Gasteiger partial charge in [-0.05, 0) is 30.5 Å². The quantitative estimate of drug-likeness (QED) is 0.854. The first-order valence-electron chi connectivity index (χ1n) is 6.30. The van der Waals surface area contributed by atoms with E-state index in [1.807, 2.05) is 0 Å². The fourth-order valence-electron chi connectivity index (χ4n) is 2.09. The van der Waals surface area contributed by atoms with Crippen LogP contribution in [0.5, 0.6) is 5.75 Å². The highest BCUT2D eigenvalue weighted by molar-refractivity contribution is 5.90. The topological polar surface area (TPSA) is 65.0 Å². The SMILES string of the molecule is COc1cc(COCC2CCCO2)ccc1C(=O)O. The number of carboxylic acid groups (broad SMARTS) is 1. The molecule has 0 bridgehead atoms. The van der Waals surface area contributed by atoms with E-state index in [1.165, 1.54) is 13.2 Å². The molecule has 1 heterocycles. The Kier molecular flexibility index (Phi) is 4.76. The molecule has 1 aromatic rings. The molecule has 0 saturated carbocycles. The Labute approximate surface area is 112 Å². The highest BCUT2D eigenvalue weighted by Crippen LogP contribution is 2.21. The zero-order valence-electron chi connectivity index (χ0n) is 10.9. The van der Waals surface area contributed by atoms with Crippen molar-refractivity contribution in [1.82, 2.24) is 0 Å². The van der Waals surface area contributed by atoms with Crippen LogP contribution in [0, 0.1) is 0 Å². The van der Waals surface area contributed by atoms with Gasteiger partial charge in [0.1, 0.15) is 11.3 Å². The second-order valence-electron chi connectivity index (χ2n) is 4.49. The van der Waals surface area contributed by atoms with Crippen molar-refractivity contribution in [3.8, 4) is 5.75 Å². The molecule has 0 radical (unpaired) electrons. The third kappa shape index (κ3) is 3.68. The van der Waals surface area contributed by atoms with Gasteiger partial charge in [-0.15, -0.1) is 0 Å². The maximum atomic E-state index is 11.0. The summed E-state index contributed by atoms with van der Waals surface area (Å²) in [7, 11) is 1.46. The second kappa shape index (κ2) is 6.54. The van der Waals surface area contributed by atoms with E-state index in [0.29, 0.717) is 19.0 Å². The molecule has 1 atom stereocenters. The number of aromatic carboxylic acids is 1. The molecular formula is C14H18O5. The molecule has 5 nitrogen and oxygen atoms in total. The third-order valence-electron chi connectivity index (χ3n) is 3.09. The molecule has 1 unspecified atom stereocenters. The van der Waals surface area contributed by atoms with Crippen LogP contribution in [0.15, 0.2) is 18.2 Å². The number of rotatable bonds is 6. The molecule has 19 heavy (non-hydrogen) atoms. The van der Waals surface area contributed by atoms with Crippen molar-refractivity contribution in [1.29, 1.82) is 0 Å². The molecule has 1 fully saturated rings. The van der Waals surface area contributed by atoms with Crippen LogP contribution in [-0.2, 0) is 16.1 Å². The summed E-state index contributed by atoms with van der Waals surface area (Å²) < 4.78 is 16.1. The smallest absolute Gasteiger partial charge is 0.339 e. The molecule has 1 aliphatic rings. The van der Waals surface area contributed by atoms with Crippen molar-refractivity contribution in [2.45, 2.75) is 25.6 Å². The Bertz CT molecular complexity index is 437. The molecule has 0 aromatic heterocycles. The third-order valence-corrected chi connectivity index (χ3v) is 3.09. The minimum absolute atomic E-state index is 0.158. The standard InChI is InChI=1S/C14H18O5/c1-17-13-7-10(4-5-12(13)14(15)16)8-18-9-11-3-2-6-19-11/h4-5,7,11H,2-3,6,8-9H2,1H3,(H,15,16). The Morgan fingerprint density at radius 1 is 1.53 bits per heavy atom. The van der Waals surface area contributed by atoms with E-state index in [1.54, 1.807) is 12.1 Å². The van der Waals surface area contributed by atoms with Gasteiger partial charge in [-0.3, -0.25) is 0 Å². The lowest BCUT2D eigenvalue weighted by atomic mass is 10.1. The summed E-state index contributed by atoms with van der Waals surface area (Å²) in [6, 6.07) is 4.96. The molecule has 0 spiro atoms. The molecule has 0 aliphatic carbocycles. The van der Waals surface area contributed by atoms with Crippen LogP contribution < -0.4 is 4.74 Å². The molecule has 1 saturated heterocycles. The van der Waals surface area contributed by atoms with E-state index in [2.05, 4.69) is 0 Å². The first kappa shape index (κ1) is 13.8. The highest BCUT2D eigenvalue weighted by atomic mass is 16.5. The Morgan fingerprint density at radius 2 is 2.37 bits per heavy atom. The van der Waals surface area contributed by atoms with Crippen LogP contribution in [0.4, 0.5) is 0 Å². The molecule has 0 amide bonds. The van der Waals surface area contributed by atoms with Gasteiger partial charge in [0.25, 0.3) is 0 Å². The van der Waals surface area contributed by atoms with Crippen LogP contribution >= 0.6 is 0 Å². The molecule has 1 aliphatic heterocycles. The van der Waals surface area contributed by atoms with Gasteiger partial charge in [0.2, 0.25) is 0 Å². The summed E-state index contributed by atoms with van der Waals surface area (Å²) in [4.78, 5) is 11.0. The average Bonchev–Trinajstić information content (AvgIpc) is 2.91. The van der Waals surface area contributed by atoms with E-state index in [4.69, 9.17) is 19.3 Å². The second-order valence-corrected chi connectivity index (χ2v) is 4.49. The molecule has 5 heteroatoms. The predicted octanol–water partition coefficient (Wildman–Crippen LogP) is 2.09. The fourth-order valence-corrected chi connectivity index (χ4v) is 2.09. The van der Waals surface area contributed by atoms with Gasteiger partial charge in [0, 0.05) is 6.61 Å². The van der Waals surface area contributed by atoms with Gasteiger partial charge in [-0.1, -0.05) is 6.07 Å². The average molecular weight is 266 g/mol. The molecule has 1 N–H and O–H groups in total. The largest absolute Gasteiger partial charge is 0.496 e. The Morgan fingerprint density at radius 3 is 3.00 bits per heavy atom. The van der Waals surface area contributed by atoms with Crippen LogP contribution in [-0.4, -0.2) is 37.5 Å². The van der Waals surface area contributed by atoms with Crippen molar-refractivity contribution in [2.24, 2.45) is 0 Å². The fraction of sp³-hybridized carbons (Fsp3) is 0.500. The van der Waals surface area contributed by atoms with Crippen molar-refractivity contribution in [3.63, 3.8) is 0 Å². The first-order chi connectivity index (χ1) is 9.20. The summed E-state index contributed by atoms with van der Waals surface area (Å²) >= 11 is 0. The summed E-state index contributed by atoms with van der Waals surface area (Å²) in [5.74, 6) is -0.644. The van der Waals surface area contributed by atoms with Crippen LogP contribution in [0.1, 0.15) is 28.8 Å². The number of methoxy groups -OCH3 is 1. The van der Waals surface area contributed by atoms with Crippen molar-refractivity contribution < 1.29 is 24.1 Å². The van der Waals surface area contributed by atoms with E-state index < -0.39 is 5.97 Å². The number of hydrogen-bond acceptors (Lipinski definition) is 4. The lowest BCUT2D eigenvalue weighted by molar-refractivity contribution is 0.0105. The van der Waals surface area contributed by atoms with Gasteiger partial charge in [-0.2, -0.15) is 0 Å². The van der Waals surface area contributed by atoms with Crippen LogP contribution in [0.2, 0.25) is 0 Å². The Balaban J connectivity index is 1.91. The lowest BCUT2D eigenvalue weighted by Crippen LogP contribution is -2.13. The van der Waals surface area contributed by atoms with E-state index >= 15 is 0 Å².